The molecule has 58 heavy (non-hydrogen) atoms. The highest BCUT2D eigenvalue weighted by Gasteiger charge is 2.25. The van der Waals surface area contributed by atoms with Crippen LogP contribution in [0.3, 0.4) is 0 Å². The molecule has 0 saturated heterocycles. The Morgan fingerprint density at radius 2 is 1.19 bits per heavy atom. The molecule has 2 aromatic rings. The summed E-state index contributed by atoms with van der Waals surface area (Å²) in [6.07, 6.45) is -0.222. The molecule has 2 unspecified atom stereocenters. The summed E-state index contributed by atoms with van der Waals surface area (Å²) in [5.41, 5.74) is 1.38. The van der Waals surface area contributed by atoms with Crippen LogP contribution in [0, 0.1) is 39.0 Å². The van der Waals surface area contributed by atoms with Crippen LogP contribution in [-0.2, 0) is 42.9 Å². The number of carboxylic acids is 2. The molecule has 0 bridgehead atoms. The first-order valence-corrected chi connectivity index (χ1v) is 19.1. The van der Waals surface area contributed by atoms with Gasteiger partial charge < -0.3 is 49.4 Å². The fourth-order valence-electron chi connectivity index (χ4n) is 4.68. The molecular weight excluding hydrogens is 790 g/mol. The van der Waals surface area contributed by atoms with Gasteiger partial charge in [0, 0.05) is 44.7 Å². The van der Waals surface area contributed by atoms with Gasteiger partial charge in [-0.3, -0.25) is 39.4 Å². The van der Waals surface area contributed by atoms with E-state index in [0.717, 1.165) is 11.8 Å². The molecular formula is C35H51N7O15S. The molecule has 0 spiro atoms. The van der Waals surface area contributed by atoms with Gasteiger partial charge in [0.15, 0.2) is 0 Å². The lowest BCUT2D eigenvalue weighted by Gasteiger charge is -2.25. The van der Waals surface area contributed by atoms with E-state index in [4.69, 9.17) is 33.9 Å². The van der Waals surface area contributed by atoms with Crippen LogP contribution in [0.2, 0.25) is 0 Å². The van der Waals surface area contributed by atoms with Gasteiger partial charge in [0.2, 0.25) is 16.8 Å². The number of carbonyl (C=O) groups excluding carboxylic acids is 2. The molecule has 4 N–H and O–H groups in total. The van der Waals surface area contributed by atoms with Gasteiger partial charge in [0.05, 0.1) is 93.4 Å². The fraction of sp³-hybridized carbons (Fsp3) is 0.600. The second kappa shape index (κ2) is 27.4. The summed E-state index contributed by atoms with van der Waals surface area (Å²) in [6.45, 7) is 9.01. The zero-order valence-electron chi connectivity index (χ0n) is 32.6. The molecule has 0 aliphatic carbocycles. The first-order chi connectivity index (χ1) is 27.7. The zero-order valence-corrected chi connectivity index (χ0v) is 33.4. The average Bonchev–Trinajstić information content (AvgIpc) is 3.61. The molecule has 1 aromatic heterocycles. The molecule has 322 valence electrons. The van der Waals surface area contributed by atoms with Crippen LogP contribution in [0.4, 0.5) is 27.1 Å². The molecule has 1 aromatic carbocycles. The monoisotopic (exact) mass is 841 g/mol. The van der Waals surface area contributed by atoms with Crippen molar-refractivity contribution in [3.8, 4) is 0 Å². The normalized spacial score (nSPS) is 12.3. The second-order valence-corrected chi connectivity index (χ2v) is 13.6. The molecule has 0 aliphatic heterocycles. The van der Waals surface area contributed by atoms with E-state index in [2.05, 4.69) is 20.9 Å². The number of carbonyl (C=O) groups is 4. The summed E-state index contributed by atoms with van der Waals surface area (Å²) in [7, 11) is 0. The predicted molar refractivity (Wildman–Crippen MR) is 208 cm³/mol. The quantitative estimate of drug-likeness (QED) is 0.0354. The van der Waals surface area contributed by atoms with Crippen molar-refractivity contribution < 1.29 is 62.9 Å². The molecule has 22 nitrogen and oxygen atoms in total. The standard InChI is InChI=1S/C35H51N7O15S/c1-24-20-27(4-5-28(24)38-39-33-29(41(49)50)23-32(58-33)42(51)52)40(8-12-55-16-14-53-10-6-36-30(43)21-25(2)34(45)46)9-13-56-17-19-57-18-15-54-11-7-37-31(44)22-26(3)35(47)48/h4-5,20,23,25-26H,6-19,21-22H2,1-3H3,(H,36,43)(H,37,44)(H,45,46)(H,47,48). The Hall–Kier alpha value is -5.20. The number of carboxylic acid groups (broad SMARTS) is 2. The van der Waals surface area contributed by atoms with Gasteiger partial charge >= 0.3 is 22.6 Å². The van der Waals surface area contributed by atoms with Crippen molar-refractivity contribution in [3.05, 3.63) is 50.1 Å². The summed E-state index contributed by atoms with van der Waals surface area (Å²) in [4.78, 5) is 68.3. The van der Waals surface area contributed by atoms with Crippen LogP contribution in [0.5, 0.6) is 0 Å². The number of nitrogens with zero attached hydrogens (tertiary/aromatic N) is 5. The maximum atomic E-state index is 11.8. The van der Waals surface area contributed by atoms with E-state index >= 15 is 0 Å². The number of rotatable bonds is 32. The van der Waals surface area contributed by atoms with E-state index in [0.29, 0.717) is 75.3 Å². The van der Waals surface area contributed by atoms with Crippen molar-refractivity contribution in [3.63, 3.8) is 0 Å². The Morgan fingerprint density at radius 1 is 0.724 bits per heavy atom. The third kappa shape index (κ3) is 19.8. The molecule has 2 amide bonds. The molecule has 0 saturated carbocycles. The van der Waals surface area contributed by atoms with Crippen molar-refractivity contribution in [1.82, 2.24) is 10.6 Å². The number of thiophene rings is 1. The molecule has 2 atom stereocenters. The van der Waals surface area contributed by atoms with Crippen LogP contribution in [0.25, 0.3) is 0 Å². The fourth-order valence-corrected chi connectivity index (χ4v) is 5.45. The summed E-state index contributed by atoms with van der Waals surface area (Å²) < 4.78 is 28.0. The van der Waals surface area contributed by atoms with Crippen molar-refractivity contribution in [2.45, 2.75) is 33.6 Å². The number of azo groups is 1. The maximum absolute atomic E-state index is 11.8. The smallest absolute Gasteiger partial charge is 0.333 e. The molecule has 0 aliphatic rings. The summed E-state index contributed by atoms with van der Waals surface area (Å²) in [5.74, 6) is -4.35. The highest BCUT2D eigenvalue weighted by Crippen LogP contribution is 2.42. The zero-order chi connectivity index (χ0) is 42.9. The number of aliphatic carboxylic acids is 2. The molecule has 2 rings (SSSR count). The number of benzene rings is 1. The van der Waals surface area contributed by atoms with Crippen molar-refractivity contribution in [1.29, 1.82) is 0 Å². The van der Waals surface area contributed by atoms with Gasteiger partial charge in [-0.15, -0.1) is 10.2 Å². The van der Waals surface area contributed by atoms with Crippen LogP contribution < -0.4 is 15.5 Å². The number of nitrogens with one attached hydrogen (secondary N) is 2. The Balaban J connectivity index is 1.84. The molecule has 0 radical (unpaired) electrons. The van der Waals surface area contributed by atoms with E-state index in [1.54, 1.807) is 19.1 Å². The summed E-state index contributed by atoms with van der Waals surface area (Å²) in [5, 5.41) is 52.9. The Bertz CT molecular complexity index is 1680. The third-order valence-electron chi connectivity index (χ3n) is 7.94. The first-order valence-electron chi connectivity index (χ1n) is 18.3. The van der Waals surface area contributed by atoms with Gasteiger partial charge in [-0.25, -0.2) is 0 Å². The molecule has 1 heterocycles. The topological polar surface area (TPSA) is 293 Å². The Kier molecular flexibility index (Phi) is 23.2. The minimum Gasteiger partial charge on any atom is -0.481 e. The summed E-state index contributed by atoms with van der Waals surface area (Å²) >= 11 is 0.553. The van der Waals surface area contributed by atoms with E-state index in [9.17, 15) is 39.4 Å². The number of amides is 2. The largest absolute Gasteiger partial charge is 0.481 e. The highest BCUT2D eigenvalue weighted by molar-refractivity contribution is 7.19. The number of ether oxygens (including phenoxy) is 5. The predicted octanol–water partition coefficient (Wildman–Crippen LogP) is 3.63. The Labute approximate surface area is 338 Å². The van der Waals surface area contributed by atoms with Crippen molar-refractivity contribution in [2.24, 2.45) is 22.1 Å². The first kappa shape index (κ1) is 48.9. The van der Waals surface area contributed by atoms with Crippen LogP contribution in [0.1, 0.15) is 32.3 Å². The van der Waals surface area contributed by atoms with Gasteiger partial charge in [-0.05, 0) is 42.0 Å². The number of aryl methyl sites for hydroxylation is 1. The Morgan fingerprint density at radius 3 is 1.62 bits per heavy atom. The number of nitro groups is 2. The van der Waals surface area contributed by atoms with Crippen LogP contribution in [0.15, 0.2) is 34.5 Å². The van der Waals surface area contributed by atoms with Gasteiger partial charge in [0.25, 0.3) is 0 Å². The molecule has 23 heteroatoms. The minimum absolute atomic E-state index is 0.104. The van der Waals surface area contributed by atoms with Gasteiger partial charge in [0.1, 0.15) is 6.07 Å². The number of hydrogen-bond donors (Lipinski definition) is 4. The summed E-state index contributed by atoms with van der Waals surface area (Å²) in [6, 6.07) is 6.15. The number of anilines is 1. The maximum Gasteiger partial charge on any atom is 0.333 e. The molecule has 0 fully saturated rings. The lowest BCUT2D eigenvalue weighted by atomic mass is 10.1. The average molecular weight is 842 g/mol. The van der Waals surface area contributed by atoms with E-state index in [1.165, 1.54) is 13.8 Å². The van der Waals surface area contributed by atoms with Gasteiger partial charge in [-0.2, -0.15) is 0 Å². The van der Waals surface area contributed by atoms with E-state index in [-0.39, 0.29) is 69.2 Å². The SMILES string of the molecule is Cc1cc(N(CCOCCOCCNC(=O)CC(C)C(=O)O)CCOCCOCCOCCNC(=O)CC(C)C(=O)O)ccc1N=Nc1sc([N+](=O)[O-])cc1[N+](=O)[O-]. The van der Waals surface area contributed by atoms with Crippen LogP contribution >= 0.6 is 11.3 Å². The van der Waals surface area contributed by atoms with Crippen molar-refractivity contribution in [2.75, 3.05) is 97.1 Å². The second-order valence-electron chi connectivity index (χ2n) is 12.6. The van der Waals surface area contributed by atoms with Crippen LogP contribution in [-0.4, -0.2) is 136 Å². The highest BCUT2D eigenvalue weighted by atomic mass is 32.1. The lowest BCUT2D eigenvalue weighted by molar-refractivity contribution is -0.389. The van der Waals surface area contributed by atoms with E-state index in [1.807, 2.05) is 11.0 Å². The van der Waals surface area contributed by atoms with Gasteiger partial charge in [-0.1, -0.05) is 13.8 Å². The number of hydrogen-bond acceptors (Lipinski definition) is 17. The van der Waals surface area contributed by atoms with Crippen molar-refractivity contribution >= 4 is 62.2 Å². The minimum atomic E-state index is -1.04. The van der Waals surface area contributed by atoms with E-state index < -0.39 is 44.3 Å². The lowest BCUT2D eigenvalue weighted by Crippen LogP contribution is -2.32. The third-order valence-corrected chi connectivity index (χ3v) is 8.90.